The lowest BCUT2D eigenvalue weighted by Gasteiger charge is -2.09. The van der Waals surface area contributed by atoms with E-state index >= 15 is 0 Å². The predicted molar refractivity (Wildman–Crippen MR) is 79.0 cm³/mol. The second kappa shape index (κ2) is 6.36. The van der Waals surface area contributed by atoms with Gasteiger partial charge < -0.3 is 4.74 Å². The maximum Gasteiger partial charge on any atom is 0.123 e. The number of ether oxygens (including phenoxy) is 1. The van der Waals surface area contributed by atoms with E-state index in [4.69, 9.17) is 10.00 Å². The van der Waals surface area contributed by atoms with Crippen LogP contribution in [0.15, 0.2) is 47.4 Å². The summed E-state index contributed by atoms with van der Waals surface area (Å²) in [5.41, 5.74) is 2.46. The number of hydrogen-bond donors (Lipinski definition) is 0. The first-order valence-electron chi connectivity index (χ1n) is 6.16. The molecule has 2 rings (SSSR count). The molecule has 1 unspecified atom stereocenters. The largest absolute Gasteiger partial charge is 0.496 e. The molecule has 2 aromatic rings. The summed E-state index contributed by atoms with van der Waals surface area (Å²) in [6.07, 6.45) is 0. The number of methoxy groups -OCH3 is 1. The third-order valence-corrected chi connectivity index (χ3v) is 4.35. The standard InChI is InChI=1S/C16H15NO2S/c1-12-3-6-15(7-4-12)20(18)11-14-9-13(10-17)5-8-16(14)19-2/h3-9H,11H2,1-2H3. The van der Waals surface area contributed by atoms with Gasteiger partial charge in [0.05, 0.1) is 35.3 Å². The second-order valence-electron chi connectivity index (χ2n) is 4.44. The number of nitrogens with zero attached hydrogens (tertiary/aromatic N) is 1. The summed E-state index contributed by atoms with van der Waals surface area (Å²) >= 11 is 0. The van der Waals surface area contributed by atoms with Crippen molar-refractivity contribution in [3.8, 4) is 11.8 Å². The van der Waals surface area contributed by atoms with Crippen molar-refractivity contribution in [2.45, 2.75) is 17.6 Å². The Kier molecular flexibility index (Phi) is 4.54. The van der Waals surface area contributed by atoms with Crippen LogP contribution in [0.1, 0.15) is 16.7 Å². The summed E-state index contributed by atoms with van der Waals surface area (Å²) < 4.78 is 17.6. The molecule has 0 spiro atoms. The second-order valence-corrected chi connectivity index (χ2v) is 5.89. The van der Waals surface area contributed by atoms with Crippen LogP contribution in [-0.2, 0) is 16.6 Å². The summed E-state index contributed by atoms with van der Waals surface area (Å²) in [6.45, 7) is 1.99. The van der Waals surface area contributed by atoms with Crippen molar-refractivity contribution in [3.05, 3.63) is 59.2 Å². The van der Waals surface area contributed by atoms with Crippen molar-refractivity contribution in [1.82, 2.24) is 0 Å². The lowest BCUT2D eigenvalue weighted by atomic mass is 10.1. The molecule has 20 heavy (non-hydrogen) atoms. The molecule has 0 amide bonds. The molecule has 0 saturated carbocycles. The summed E-state index contributed by atoms with van der Waals surface area (Å²) in [5, 5.41) is 8.94. The van der Waals surface area contributed by atoms with Gasteiger partial charge in [0.2, 0.25) is 0 Å². The molecule has 0 aliphatic rings. The van der Waals surface area contributed by atoms with Gasteiger partial charge in [-0.2, -0.15) is 5.26 Å². The predicted octanol–water partition coefficient (Wildman–Crippen LogP) is 3.18. The molecule has 0 aromatic heterocycles. The highest BCUT2D eigenvalue weighted by molar-refractivity contribution is 7.84. The fourth-order valence-electron chi connectivity index (χ4n) is 1.88. The Morgan fingerprint density at radius 2 is 1.90 bits per heavy atom. The molecule has 3 nitrogen and oxygen atoms in total. The minimum atomic E-state index is -1.15. The van der Waals surface area contributed by atoms with Crippen LogP contribution in [-0.4, -0.2) is 11.3 Å². The van der Waals surface area contributed by atoms with Crippen molar-refractivity contribution < 1.29 is 8.95 Å². The molecule has 1 atom stereocenters. The van der Waals surface area contributed by atoms with Gasteiger partial charge in [-0.1, -0.05) is 17.7 Å². The lowest BCUT2D eigenvalue weighted by molar-refractivity contribution is 0.411. The van der Waals surface area contributed by atoms with E-state index < -0.39 is 10.8 Å². The third-order valence-electron chi connectivity index (χ3n) is 2.98. The molecule has 0 aliphatic heterocycles. The molecule has 0 bridgehead atoms. The molecule has 0 fully saturated rings. The molecule has 0 saturated heterocycles. The molecular formula is C16H15NO2S. The number of benzene rings is 2. The minimum Gasteiger partial charge on any atom is -0.496 e. The first-order chi connectivity index (χ1) is 9.63. The van der Waals surface area contributed by atoms with Gasteiger partial charge in [-0.25, -0.2) is 0 Å². The Labute approximate surface area is 121 Å². The number of nitriles is 1. The van der Waals surface area contributed by atoms with Crippen molar-refractivity contribution in [2.75, 3.05) is 7.11 Å². The SMILES string of the molecule is COc1ccc(C#N)cc1CS(=O)c1ccc(C)cc1. The fourth-order valence-corrected chi connectivity index (χ4v) is 2.99. The van der Waals surface area contributed by atoms with E-state index in [9.17, 15) is 4.21 Å². The Hall–Kier alpha value is -2.12. The van der Waals surface area contributed by atoms with E-state index in [1.807, 2.05) is 31.2 Å². The summed E-state index contributed by atoms with van der Waals surface area (Å²) in [5.74, 6) is 0.992. The van der Waals surface area contributed by atoms with Gasteiger partial charge in [0.15, 0.2) is 0 Å². The zero-order valence-corrected chi connectivity index (χ0v) is 12.2. The van der Waals surface area contributed by atoms with E-state index in [2.05, 4.69) is 6.07 Å². The number of hydrogen-bond acceptors (Lipinski definition) is 3. The fraction of sp³-hybridized carbons (Fsp3) is 0.188. The van der Waals surface area contributed by atoms with E-state index in [1.54, 1.807) is 25.3 Å². The van der Waals surface area contributed by atoms with Crippen LogP contribution in [0.2, 0.25) is 0 Å². The first kappa shape index (κ1) is 14.3. The molecule has 0 radical (unpaired) electrons. The highest BCUT2D eigenvalue weighted by Gasteiger charge is 2.10. The molecular weight excluding hydrogens is 270 g/mol. The Morgan fingerprint density at radius 1 is 1.20 bits per heavy atom. The maximum atomic E-state index is 12.4. The van der Waals surface area contributed by atoms with Gasteiger partial charge >= 0.3 is 0 Å². The van der Waals surface area contributed by atoms with Gasteiger partial charge in [0.25, 0.3) is 0 Å². The Balaban J connectivity index is 2.27. The van der Waals surface area contributed by atoms with E-state index in [-0.39, 0.29) is 0 Å². The van der Waals surface area contributed by atoms with Crippen LogP contribution in [0.25, 0.3) is 0 Å². The van der Waals surface area contributed by atoms with Gasteiger partial charge in [0.1, 0.15) is 5.75 Å². The zero-order chi connectivity index (χ0) is 14.5. The first-order valence-corrected chi connectivity index (χ1v) is 7.48. The van der Waals surface area contributed by atoms with Crippen molar-refractivity contribution in [3.63, 3.8) is 0 Å². The zero-order valence-electron chi connectivity index (χ0n) is 11.4. The smallest absolute Gasteiger partial charge is 0.123 e. The lowest BCUT2D eigenvalue weighted by Crippen LogP contribution is -2.00. The van der Waals surface area contributed by atoms with Crippen molar-refractivity contribution in [1.29, 1.82) is 5.26 Å². The van der Waals surface area contributed by atoms with Crippen molar-refractivity contribution >= 4 is 10.8 Å². The summed E-state index contributed by atoms with van der Waals surface area (Å²) in [7, 11) is 0.415. The van der Waals surface area contributed by atoms with Crippen LogP contribution >= 0.6 is 0 Å². The average molecular weight is 285 g/mol. The van der Waals surface area contributed by atoms with Crippen LogP contribution < -0.4 is 4.74 Å². The molecule has 4 heteroatoms. The van der Waals surface area contributed by atoms with Gasteiger partial charge in [-0.05, 0) is 37.3 Å². The van der Waals surface area contributed by atoms with Crippen LogP contribution in [0, 0.1) is 18.3 Å². The number of rotatable bonds is 4. The topological polar surface area (TPSA) is 50.1 Å². The number of aryl methyl sites for hydroxylation is 1. The molecule has 0 N–H and O–H groups in total. The van der Waals surface area contributed by atoms with Crippen molar-refractivity contribution in [2.24, 2.45) is 0 Å². The molecule has 102 valence electrons. The van der Waals surface area contributed by atoms with Crippen LogP contribution in [0.4, 0.5) is 0 Å². The van der Waals surface area contributed by atoms with Gasteiger partial charge in [0, 0.05) is 10.5 Å². The normalized spacial score (nSPS) is 11.7. The molecule has 0 aliphatic carbocycles. The summed E-state index contributed by atoms with van der Waals surface area (Å²) in [4.78, 5) is 0.778. The molecule has 2 aromatic carbocycles. The monoisotopic (exact) mass is 285 g/mol. The molecule has 0 heterocycles. The summed E-state index contributed by atoms with van der Waals surface area (Å²) in [6, 6.07) is 14.9. The van der Waals surface area contributed by atoms with E-state index in [0.717, 1.165) is 16.0 Å². The Bertz CT molecular complexity index is 672. The van der Waals surface area contributed by atoms with Gasteiger partial charge in [-0.15, -0.1) is 0 Å². The van der Waals surface area contributed by atoms with Gasteiger partial charge in [-0.3, -0.25) is 4.21 Å². The maximum absolute atomic E-state index is 12.4. The Morgan fingerprint density at radius 3 is 2.50 bits per heavy atom. The average Bonchev–Trinajstić information content (AvgIpc) is 2.47. The highest BCUT2D eigenvalue weighted by Crippen LogP contribution is 2.23. The minimum absolute atomic E-state index is 0.335. The highest BCUT2D eigenvalue weighted by atomic mass is 32.2. The van der Waals surface area contributed by atoms with E-state index in [1.165, 1.54) is 0 Å². The van der Waals surface area contributed by atoms with Crippen LogP contribution in [0.5, 0.6) is 5.75 Å². The van der Waals surface area contributed by atoms with Crippen LogP contribution in [0.3, 0.4) is 0 Å². The van der Waals surface area contributed by atoms with E-state index in [0.29, 0.717) is 17.1 Å². The third kappa shape index (κ3) is 3.25. The quantitative estimate of drug-likeness (QED) is 0.867.